The first-order chi connectivity index (χ1) is 13.6. The van der Waals surface area contributed by atoms with Crippen LogP contribution < -0.4 is 5.32 Å². The minimum absolute atomic E-state index is 0.0799. The van der Waals surface area contributed by atoms with Crippen molar-refractivity contribution in [1.82, 2.24) is 0 Å². The van der Waals surface area contributed by atoms with Crippen molar-refractivity contribution in [3.05, 3.63) is 63.7 Å². The van der Waals surface area contributed by atoms with Gasteiger partial charge in [0.15, 0.2) is 6.61 Å². The SMILES string of the molecule is Cc1ccccc1SCC(=O)OCC(=O)Nc1ccc([N+](=O)[O-])cc1C(F)(F)F. The number of amides is 1. The maximum absolute atomic E-state index is 13.1. The third-order valence-corrected chi connectivity index (χ3v) is 4.75. The lowest BCUT2D eigenvalue weighted by Crippen LogP contribution is -2.23. The zero-order valence-corrected chi connectivity index (χ0v) is 15.8. The topological polar surface area (TPSA) is 98.5 Å². The van der Waals surface area contributed by atoms with Crippen molar-refractivity contribution in [2.75, 3.05) is 17.7 Å². The lowest BCUT2D eigenvalue weighted by atomic mass is 10.1. The maximum atomic E-state index is 13.1. The van der Waals surface area contributed by atoms with Gasteiger partial charge in [0.2, 0.25) is 0 Å². The Bertz CT molecular complexity index is 934. The molecular formula is C18H15F3N2O5S. The number of nitrogens with zero attached hydrogens (tertiary/aromatic N) is 1. The third-order valence-electron chi connectivity index (χ3n) is 3.60. The summed E-state index contributed by atoms with van der Waals surface area (Å²) in [6.45, 7) is 1.07. The largest absolute Gasteiger partial charge is 0.455 e. The highest BCUT2D eigenvalue weighted by Gasteiger charge is 2.35. The molecule has 0 saturated carbocycles. The van der Waals surface area contributed by atoms with E-state index in [9.17, 15) is 32.9 Å². The summed E-state index contributed by atoms with van der Waals surface area (Å²) >= 11 is 1.20. The number of ether oxygens (including phenoxy) is 1. The molecule has 0 radical (unpaired) electrons. The molecule has 2 aromatic rings. The minimum atomic E-state index is -4.92. The molecule has 0 aliphatic heterocycles. The number of benzene rings is 2. The molecule has 7 nitrogen and oxygen atoms in total. The van der Waals surface area contributed by atoms with Crippen LogP contribution in [0, 0.1) is 17.0 Å². The molecule has 0 fully saturated rings. The van der Waals surface area contributed by atoms with Crippen LogP contribution >= 0.6 is 11.8 Å². The van der Waals surface area contributed by atoms with E-state index in [4.69, 9.17) is 4.74 Å². The Balaban J connectivity index is 1.94. The van der Waals surface area contributed by atoms with Crippen molar-refractivity contribution in [2.45, 2.75) is 18.0 Å². The highest BCUT2D eigenvalue weighted by molar-refractivity contribution is 8.00. The number of esters is 1. The van der Waals surface area contributed by atoms with Gasteiger partial charge in [-0.3, -0.25) is 19.7 Å². The molecule has 0 saturated heterocycles. The summed E-state index contributed by atoms with van der Waals surface area (Å²) in [4.78, 5) is 34.1. The molecule has 0 aliphatic carbocycles. The molecule has 0 aliphatic rings. The second-order valence-electron chi connectivity index (χ2n) is 5.75. The second kappa shape index (κ2) is 9.41. The number of nitrogens with one attached hydrogen (secondary N) is 1. The van der Waals surface area contributed by atoms with Gasteiger partial charge < -0.3 is 10.1 Å². The number of aryl methyl sites for hydroxylation is 1. The Morgan fingerprint density at radius 3 is 2.52 bits per heavy atom. The van der Waals surface area contributed by atoms with Gasteiger partial charge in [-0.2, -0.15) is 13.2 Å². The molecule has 0 bridgehead atoms. The second-order valence-corrected chi connectivity index (χ2v) is 6.76. The van der Waals surface area contributed by atoms with Crippen molar-refractivity contribution in [3.8, 4) is 0 Å². The number of carbonyl (C=O) groups is 2. The number of hydrogen-bond acceptors (Lipinski definition) is 6. The molecule has 2 rings (SSSR count). The number of non-ortho nitro benzene ring substituents is 1. The number of nitro benzene ring substituents is 1. The lowest BCUT2D eigenvalue weighted by molar-refractivity contribution is -0.385. The Morgan fingerprint density at radius 1 is 1.21 bits per heavy atom. The Kier molecular flexibility index (Phi) is 7.21. The number of rotatable bonds is 7. The fraction of sp³-hybridized carbons (Fsp3) is 0.222. The quantitative estimate of drug-likeness (QED) is 0.307. The Hall–Kier alpha value is -3.08. The van der Waals surface area contributed by atoms with E-state index in [-0.39, 0.29) is 5.75 Å². The first-order valence-electron chi connectivity index (χ1n) is 8.07. The van der Waals surface area contributed by atoms with Crippen LogP contribution in [0.4, 0.5) is 24.5 Å². The van der Waals surface area contributed by atoms with Crippen LogP contribution in [-0.2, 0) is 20.5 Å². The number of halogens is 3. The molecule has 0 aromatic heterocycles. The monoisotopic (exact) mass is 428 g/mol. The zero-order valence-electron chi connectivity index (χ0n) is 15.0. The molecule has 0 spiro atoms. The predicted octanol–water partition coefficient (Wildman–Crippen LogP) is 4.20. The van der Waals surface area contributed by atoms with Crippen molar-refractivity contribution in [3.63, 3.8) is 0 Å². The lowest BCUT2D eigenvalue weighted by Gasteiger charge is -2.13. The van der Waals surface area contributed by atoms with Gasteiger partial charge >= 0.3 is 12.1 Å². The van der Waals surface area contributed by atoms with Gasteiger partial charge in [-0.15, -0.1) is 11.8 Å². The molecule has 154 valence electrons. The molecular weight excluding hydrogens is 413 g/mol. The van der Waals surface area contributed by atoms with Gasteiger partial charge in [-0.25, -0.2) is 0 Å². The summed E-state index contributed by atoms with van der Waals surface area (Å²) < 4.78 is 44.0. The predicted molar refractivity (Wildman–Crippen MR) is 99.6 cm³/mol. The van der Waals surface area contributed by atoms with Gasteiger partial charge in [0.25, 0.3) is 11.6 Å². The van der Waals surface area contributed by atoms with Crippen molar-refractivity contribution >= 4 is 35.0 Å². The van der Waals surface area contributed by atoms with E-state index in [0.717, 1.165) is 22.6 Å². The number of anilines is 1. The number of nitro groups is 1. The fourth-order valence-electron chi connectivity index (χ4n) is 2.22. The highest BCUT2D eigenvalue weighted by Crippen LogP contribution is 2.37. The van der Waals surface area contributed by atoms with Crippen LogP contribution in [0.15, 0.2) is 47.4 Å². The molecule has 0 heterocycles. The molecule has 0 unspecified atom stereocenters. The summed E-state index contributed by atoms with van der Waals surface area (Å²) in [6.07, 6.45) is -4.92. The van der Waals surface area contributed by atoms with E-state index < -0.39 is 46.5 Å². The highest BCUT2D eigenvalue weighted by atomic mass is 32.2. The van der Waals surface area contributed by atoms with Crippen LogP contribution in [0.25, 0.3) is 0 Å². The van der Waals surface area contributed by atoms with E-state index in [1.165, 1.54) is 11.8 Å². The summed E-state index contributed by atoms with van der Waals surface area (Å²) in [5.41, 5.74) is -1.85. The number of alkyl halides is 3. The first kappa shape index (κ1) is 22.2. The van der Waals surface area contributed by atoms with E-state index >= 15 is 0 Å². The zero-order chi connectivity index (χ0) is 21.6. The normalized spacial score (nSPS) is 11.0. The summed E-state index contributed by atoms with van der Waals surface area (Å²) in [6, 6.07) is 9.24. The van der Waals surface area contributed by atoms with Crippen LogP contribution in [0.1, 0.15) is 11.1 Å². The van der Waals surface area contributed by atoms with Crippen LogP contribution in [0.3, 0.4) is 0 Å². The van der Waals surface area contributed by atoms with Crippen molar-refractivity contribution in [1.29, 1.82) is 0 Å². The number of hydrogen-bond donors (Lipinski definition) is 1. The van der Waals surface area contributed by atoms with E-state index in [2.05, 4.69) is 0 Å². The summed E-state index contributed by atoms with van der Waals surface area (Å²) in [5, 5.41) is 12.6. The maximum Gasteiger partial charge on any atom is 0.418 e. The van der Waals surface area contributed by atoms with E-state index in [1.54, 1.807) is 6.07 Å². The van der Waals surface area contributed by atoms with Gasteiger partial charge in [0, 0.05) is 17.0 Å². The fourth-order valence-corrected chi connectivity index (χ4v) is 3.05. The number of thioether (sulfide) groups is 1. The van der Waals surface area contributed by atoms with Crippen molar-refractivity contribution < 1.29 is 32.4 Å². The van der Waals surface area contributed by atoms with Gasteiger partial charge in [-0.1, -0.05) is 18.2 Å². The minimum Gasteiger partial charge on any atom is -0.455 e. The molecule has 11 heteroatoms. The smallest absolute Gasteiger partial charge is 0.418 e. The van der Waals surface area contributed by atoms with Crippen LogP contribution in [0.2, 0.25) is 0 Å². The van der Waals surface area contributed by atoms with Gasteiger partial charge in [0.05, 0.1) is 21.9 Å². The van der Waals surface area contributed by atoms with E-state index in [0.29, 0.717) is 6.07 Å². The molecule has 0 atom stereocenters. The Labute approximate surface area is 167 Å². The standard InChI is InChI=1S/C18H15F3N2O5S/c1-11-4-2-3-5-15(11)29-10-17(25)28-9-16(24)22-14-7-6-12(23(26)27)8-13(14)18(19,20)21/h2-8H,9-10H2,1H3,(H,22,24). The number of carbonyl (C=O) groups excluding carboxylic acids is 2. The van der Waals surface area contributed by atoms with Crippen LogP contribution in [-0.4, -0.2) is 29.2 Å². The van der Waals surface area contributed by atoms with Gasteiger partial charge in [-0.05, 0) is 24.6 Å². The molecule has 2 aromatic carbocycles. The molecule has 1 N–H and O–H groups in total. The van der Waals surface area contributed by atoms with E-state index in [1.807, 2.05) is 30.4 Å². The molecule has 29 heavy (non-hydrogen) atoms. The Morgan fingerprint density at radius 2 is 1.90 bits per heavy atom. The third kappa shape index (κ3) is 6.49. The summed E-state index contributed by atoms with van der Waals surface area (Å²) in [5.74, 6) is -1.80. The molecule has 1 amide bonds. The summed E-state index contributed by atoms with van der Waals surface area (Å²) in [7, 11) is 0. The van der Waals surface area contributed by atoms with Crippen molar-refractivity contribution in [2.24, 2.45) is 0 Å². The first-order valence-corrected chi connectivity index (χ1v) is 9.06. The average Bonchev–Trinajstić information content (AvgIpc) is 2.65. The average molecular weight is 428 g/mol. The van der Waals surface area contributed by atoms with Crippen LogP contribution in [0.5, 0.6) is 0 Å². The van der Waals surface area contributed by atoms with Gasteiger partial charge in [0.1, 0.15) is 0 Å².